The number of aromatic nitrogens is 2. The Bertz CT molecular complexity index is 1060. The second-order valence-corrected chi connectivity index (χ2v) is 10.2. The van der Waals surface area contributed by atoms with Crippen molar-refractivity contribution in [2.24, 2.45) is 5.92 Å². The number of nitrogens with one attached hydrogen (secondary N) is 1. The van der Waals surface area contributed by atoms with E-state index in [0.717, 1.165) is 68.3 Å². The quantitative estimate of drug-likeness (QED) is 0.551. The van der Waals surface area contributed by atoms with Gasteiger partial charge >= 0.3 is 0 Å². The smallest absolute Gasteiger partial charge is 0.252 e. The van der Waals surface area contributed by atoms with Gasteiger partial charge in [-0.25, -0.2) is 4.98 Å². The molecule has 1 unspecified atom stereocenters. The lowest BCUT2D eigenvalue weighted by Gasteiger charge is -2.37. The van der Waals surface area contributed by atoms with Gasteiger partial charge in [0.1, 0.15) is 0 Å². The predicted octanol–water partition coefficient (Wildman–Crippen LogP) is 3.61. The van der Waals surface area contributed by atoms with E-state index in [1.165, 1.54) is 0 Å². The molecule has 9 heteroatoms. The Morgan fingerprint density at radius 2 is 1.72 bits per heavy atom. The van der Waals surface area contributed by atoms with Crippen LogP contribution in [0.3, 0.4) is 0 Å². The van der Waals surface area contributed by atoms with Crippen LogP contribution in [0.2, 0.25) is 5.02 Å². The highest BCUT2D eigenvalue weighted by molar-refractivity contribution is 6.33. The van der Waals surface area contributed by atoms with E-state index < -0.39 is 0 Å². The van der Waals surface area contributed by atoms with Crippen molar-refractivity contribution in [3.8, 4) is 0 Å². The number of aromatic amines is 1. The molecule has 8 nitrogen and oxygen atoms in total. The monoisotopic (exact) mass is 514 g/mol. The summed E-state index contributed by atoms with van der Waals surface area (Å²) in [6, 6.07) is 9.55. The number of H-pyrrole nitrogens is 1. The minimum absolute atomic E-state index is 0.121. The van der Waals surface area contributed by atoms with Crippen LogP contribution in [0.15, 0.2) is 35.1 Å². The molecule has 1 aromatic carbocycles. The van der Waals surface area contributed by atoms with E-state index in [1.807, 2.05) is 23.1 Å². The van der Waals surface area contributed by atoms with Crippen LogP contribution < -0.4 is 15.4 Å². The number of unbranched alkanes of at least 4 members (excludes halogenated alkanes) is 1. The zero-order chi connectivity index (χ0) is 25.5. The molecule has 1 aromatic heterocycles. The fraction of sp³-hybridized carbons (Fsp3) is 0.593. The first kappa shape index (κ1) is 26.5. The summed E-state index contributed by atoms with van der Waals surface area (Å²) in [7, 11) is 0. The SMILES string of the molecule is CCCCC(CC)C(=O)N1CCN(c2nc(CN3CCN(c4ccccc4Cl)CC3)cc(=O)[nH]2)CC1. The minimum Gasteiger partial charge on any atom is -0.368 e. The maximum absolute atomic E-state index is 13.0. The number of benzene rings is 1. The lowest BCUT2D eigenvalue weighted by molar-refractivity contribution is -0.136. The summed E-state index contributed by atoms with van der Waals surface area (Å²) in [6.45, 7) is 11.1. The molecule has 0 bridgehead atoms. The van der Waals surface area contributed by atoms with Crippen LogP contribution >= 0.6 is 11.6 Å². The Balaban J connectivity index is 1.32. The number of anilines is 2. The molecule has 3 heterocycles. The number of piperazine rings is 2. The molecule has 0 aliphatic carbocycles. The second-order valence-electron chi connectivity index (χ2n) is 9.83. The molecular formula is C27H39ClN6O2. The van der Waals surface area contributed by atoms with Crippen molar-refractivity contribution >= 4 is 29.1 Å². The maximum atomic E-state index is 13.0. The number of hydrogen-bond acceptors (Lipinski definition) is 6. The Morgan fingerprint density at radius 3 is 2.39 bits per heavy atom. The first-order chi connectivity index (χ1) is 17.5. The third kappa shape index (κ3) is 6.59. The molecule has 2 aromatic rings. The lowest BCUT2D eigenvalue weighted by atomic mass is 9.97. The summed E-state index contributed by atoms with van der Waals surface area (Å²) in [5, 5.41) is 0.778. The van der Waals surface area contributed by atoms with Crippen LogP contribution in [0.5, 0.6) is 0 Å². The normalized spacial score (nSPS) is 17.9. The van der Waals surface area contributed by atoms with E-state index in [1.54, 1.807) is 6.07 Å². The van der Waals surface area contributed by atoms with Gasteiger partial charge in [0, 0.05) is 70.9 Å². The van der Waals surface area contributed by atoms with Gasteiger partial charge in [0.05, 0.1) is 16.4 Å². The van der Waals surface area contributed by atoms with Gasteiger partial charge in [0.15, 0.2) is 0 Å². The Kier molecular flexibility index (Phi) is 9.26. The molecule has 1 atom stereocenters. The fourth-order valence-electron chi connectivity index (χ4n) is 5.16. The van der Waals surface area contributed by atoms with E-state index in [9.17, 15) is 9.59 Å². The van der Waals surface area contributed by atoms with Gasteiger partial charge < -0.3 is 14.7 Å². The van der Waals surface area contributed by atoms with E-state index in [2.05, 4.69) is 39.6 Å². The van der Waals surface area contributed by atoms with Crippen LogP contribution in [0.1, 0.15) is 45.2 Å². The highest BCUT2D eigenvalue weighted by Crippen LogP contribution is 2.26. The summed E-state index contributed by atoms with van der Waals surface area (Å²) >= 11 is 6.37. The largest absolute Gasteiger partial charge is 0.368 e. The Labute approximate surface area is 219 Å². The van der Waals surface area contributed by atoms with Crippen molar-refractivity contribution < 1.29 is 4.79 Å². The molecular weight excluding hydrogens is 476 g/mol. The number of carbonyl (C=O) groups is 1. The van der Waals surface area contributed by atoms with Crippen LogP contribution in [0, 0.1) is 5.92 Å². The van der Waals surface area contributed by atoms with Crippen molar-refractivity contribution in [1.29, 1.82) is 0 Å². The summed E-state index contributed by atoms with van der Waals surface area (Å²) in [4.78, 5) is 41.8. The fourth-order valence-corrected chi connectivity index (χ4v) is 5.41. The van der Waals surface area contributed by atoms with Gasteiger partial charge in [0.2, 0.25) is 11.9 Å². The number of halogens is 1. The van der Waals surface area contributed by atoms with Gasteiger partial charge in [-0.2, -0.15) is 0 Å². The third-order valence-electron chi connectivity index (χ3n) is 7.37. The van der Waals surface area contributed by atoms with E-state index >= 15 is 0 Å². The zero-order valence-electron chi connectivity index (χ0n) is 21.6. The number of para-hydroxylation sites is 1. The molecule has 1 amide bonds. The van der Waals surface area contributed by atoms with E-state index in [-0.39, 0.29) is 17.4 Å². The highest BCUT2D eigenvalue weighted by Gasteiger charge is 2.27. The van der Waals surface area contributed by atoms with Crippen molar-refractivity contribution in [3.05, 3.63) is 51.4 Å². The number of nitrogens with zero attached hydrogens (tertiary/aromatic N) is 5. The van der Waals surface area contributed by atoms with Gasteiger partial charge in [-0.3, -0.25) is 19.5 Å². The molecule has 0 spiro atoms. The van der Waals surface area contributed by atoms with Crippen LogP contribution in [-0.4, -0.2) is 78.0 Å². The van der Waals surface area contributed by atoms with Crippen LogP contribution in [0.25, 0.3) is 0 Å². The van der Waals surface area contributed by atoms with E-state index in [4.69, 9.17) is 16.6 Å². The number of carbonyl (C=O) groups excluding carboxylic acids is 1. The number of rotatable bonds is 9. The van der Waals surface area contributed by atoms with Crippen molar-refractivity contribution in [1.82, 2.24) is 19.8 Å². The standard InChI is InChI=1S/C27H39ClN6O2/c1-3-5-8-21(4-2)26(36)33-15-17-34(18-16-33)27-29-22(19-25(35)30-27)20-31-11-13-32(14-12-31)24-10-7-6-9-23(24)28/h6-7,9-10,19,21H,3-5,8,11-18,20H2,1-2H3,(H,29,30,35). The summed E-state index contributed by atoms with van der Waals surface area (Å²) in [5.74, 6) is 1.00. The average Bonchev–Trinajstić information content (AvgIpc) is 2.89. The molecule has 2 aliphatic heterocycles. The van der Waals surface area contributed by atoms with Crippen LogP contribution in [-0.2, 0) is 11.3 Å². The molecule has 36 heavy (non-hydrogen) atoms. The van der Waals surface area contributed by atoms with Crippen LogP contribution in [0.4, 0.5) is 11.6 Å². The zero-order valence-corrected chi connectivity index (χ0v) is 22.3. The summed E-state index contributed by atoms with van der Waals surface area (Å²) < 4.78 is 0. The first-order valence-electron chi connectivity index (χ1n) is 13.3. The summed E-state index contributed by atoms with van der Waals surface area (Å²) in [6.07, 6.45) is 4.07. The molecule has 196 valence electrons. The second kappa shape index (κ2) is 12.6. The topological polar surface area (TPSA) is 75.8 Å². The molecule has 2 aliphatic rings. The molecule has 4 rings (SSSR count). The lowest BCUT2D eigenvalue weighted by Crippen LogP contribution is -2.51. The highest BCUT2D eigenvalue weighted by atomic mass is 35.5. The van der Waals surface area contributed by atoms with Crippen molar-refractivity contribution in [2.45, 2.75) is 46.1 Å². The number of hydrogen-bond donors (Lipinski definition) is 1. The Hall–Kier alpha value is -2.58. The molecule has 2 fully saturated rings. The van der Waals surface area contributed by atoms with Gasteiger partial charge in [-0.1, -0.05) is 50.4 Å². The van der Waals surface area contributed by atoms with Crippen molar-refractivity contribution in [3.63, 3.8) is 0 Å². The first-order valence-corrected chi connectivity index (χ1v) is 13.7. The Morgan fingerprint density at radius 1 is 1.03 bits per heavy atom. The maximum Gasteiger partial charge on any atom is 0.252 e. The average molecular weight is 515 g/mol. The minimum atomic E-state index is -0.131. The third-order valence-corrected chi connectivity index (χ3v) is 7.69. The van der Waals surface area contributed by atoms with Gasteiger partial charge in [-0.15, -0.1) is 0 Å². The molecule has 1 N–H and O–H groups in total. The molecule has 0 saturated carbocycles. The van der Waals surface area contributed by atoms with Gasteiger partial charge in [0.25, 0.3) is 5.56 Å². The summed E-state index contributed by atoms with van der Waals surface area (Å²) in [5.41, 5.74) is 1.72. The van der Waals surface area contributed by atoms with Gasteiger partial charge in [-0.05, 0) is 25.0 Å². The molecule has 0 radical (unpaired) electrons. The molecule has 2 saturated heterocycles. The van der Waals surface area contributed by atoms with Crippen molar-refractivity contribution in [2.75, 3.05) is 62.2 Å². The predicted molar refractivity (Wildman–Crippen MR) is 146 cm³/mol. The number of amides is 1. The van der Waals surface area contributed by atoms with E-state index in [0.29, 0.717) is 38.7 Å².